The van der Waals surface area contributed by atoms with Crippen molar-refractivity contribution in [3.05, 3.63) is 12.7 Å². The number of nitrogens with zero attached hydrogens (tertiary/aromatic N) is 1. The van der Waals surface area contributed by atoms with Gasteiger partial charge in [0.25, 0.3) is 0 Å². The minimum atomic E-state index is -0.166. The van der Waals surface area contributed by atoms with Crippen LogP contribution in [-0.4, -0.2) is 35.8 Å². The van der Waals surface area contributed by atoms with Crippen LogP contribution in [0.5, 0.6) is 0 Å². The topological polar surface area (TPSA) is 49.4 Å². The maximum atomic E-state index is 11.3. The third-order valence-electron chi connectivity index (χ3n) is 2.38. The molecule has 0 aromatic carbocycles. The van der Waals surface area contributed by atoms with Crippen molar-refractivity contribution < 1.29 is 9.59 Å². The summed E-state index contributed by atoms with van der Waals surface area (Å²) in [5.74, 6) is -0.0128. The second kappa shape index (κ2) is 4.79. The molecule has 1 fully saturated rings. The Hall–Kier alpha value is -1.32. The van der Waals surface area contributed by atoms with E-state index in [1.165, 1.54) is 6.08 Å². The molecule has 0 aliphatic carbocycles. The van der Waals surface area contributed by atoms with E-state index in [-0.39, 0.29) is 17.9 Å². The molecule has 14 heavy (non-hydrogen) atoms. The van der Waals surface area contributed by atoms with Crippen molar-refractivity contribution in [3.63, 3.8) is 0 Å². The van der Waals surface area contributed by atoms with Crippen LogP contribution in [0.25, 0.3) is 0 Å². The van der Waals surface area contributed by atoms with Crippen molar-refractivity contribution >= 4 is 11.8 Å². The fourth-order valence-corrected chi connectivity index (χ4v) is 1.59. The van der Waals surface area contributed by atoms with Crippen LogP contribution >= 0.6 is 0 Å². The molecule has 0 spiro atoms. The summed E-state index contributed by atoms with van der Waals surface area (Å²) in [7, 11) is 0. The minimum Gasteiger partial charge on any atom is -0.348 e. The van der Waals surface area contributed by atoms with Crippen LogP contribution < -0.4 is 5.32 Å². The first-order valence-electron chi connectivity index (χ1n) is 4.88. The van der Waals surface area contributed by atoms with E-state index in [4.69, 9.17) is 0 Å². The van der Waals surface area contributed by atoms with E-state index in [1.54, 1.807) is 4.90 Å². The summed E-state index contributed by atoms with van der Waals surface area (Å²) in [5, 5.41) is 2.79. The molecule has 0 radical (unpaired) electrons. The number of hydrogen-bond donors (Lipinski definition) is 1. The molecule has 1 atom stereocenters. The average molecular weight is 196 g/mol. The van der Waals surface area contributed by atoms with Gasteiger partial charge in [-0.05, 0) is 12.5 Å². The van der Waals surface area contributed by atoms with Gasteiger partial charge in [-0.25, -0.2) is 0 Å². The van der Waals surface area contributed by atoms with Gasteiger partial charge in [0, 0.05) is 25.6 Å². The summed E-state index contributed by atoms with van der Waals surface area (Å²) < 4.78 is 0. The molecule has 4 heteroatoms. The zero-order valence-electron chi connectivity index (χ0n) is 8.45. The van der Waals surface area contributed by atoms with Crippen LogP contribution in [0.2, 0.25) is 0 Å². The number of likely N-dealkylation sites (tertiary alicyclic amines) is 1. The second-order valence-electron chi connectivity index (χ2n) is 3.39. The molecular weight excluding hydrogens is 180 g/mol. The summed E-state index contributed by atoms with van der Waals surface area (Å²) >= 11 is 0. The van der Waals surface area contributed by atoms with E-state index in [9.17, 15) is 9.59 Å². The third kappa shape index (κ3) is 2.58. The van der Waals surface area contributed by atoms with Crippen molar-refractivity contribution in [1.82, 2.24) is 10.2 Å². The highest BCUT2D eigenvalue weighted by Gasteiger charge is 2.25. The molecule has 0 bridgehead atoms. The molecule has 78 valence electrons. The van der Waals surface area contributed by atoms with Crippen molar-refractivity contribution in [2.75, 3.05) is 13.1 Å². The number of hydrogen-bond acceptors (Lipinski definition) is 2. The fourth-order valence-electron chi connectivity index (χ4n) is 1.59. The molecule has 0 saturated carbocycles. The van der Waals surface area contributed by atoms with Crippen LogP contribution in [0.4, 0.5) is 0 Å². The van der Waals surface area contributed by atoms with E-state index in [2.05, 4.69) is 11.9 Å². The van der Waals surface area contributed by atoms with Crippen LogP contribution in [-0.2, 0) is 9.59 Å². The number of amides is 2. The molecule has 1 rings (SSSR count). The van der Waals surface area contributed by atoms with Crippen LogP contribution in [0.1, 0.15) is 19.8 Å². The maximum absolute atomic E-state index is 11.3. The molecule has 1 N–H and O–H groups in total. The minimum absolute atomic E-state index is 0.0935. The molecule has 1 aliphatic rings. The van der Waals surface area contributed by atoms with Gasteiger partial charge in [-0.2, -0.15) is 0 Å². The Morgan fingerprint density at radius 3 is 2.93 bits per heavy atom. The normalized spacial score (nSPS) is 20.6. The Kier molecular flexibility index (Phi) is 3.68. The van der Waals surface area contributed by atoms with Gasteiger partial charge < -0.3 is 10.2 Å². The van der Waals surface area contributed by atoms with E-state index >= 15 is 0 Å². The van der Waals surface area contributed by atoms with Crippen LogP contribution in [0.15, 0.2) is 12.7 Å². The SMILES string of the molecule is C=CC(=O)NC1CCN(C(=O)CC)C1. The average Bonchev–Trinajstić information content (AvgIpc) is 2.65. The molecule has 0 aromatic heterocycles. The smallest absolute Gasteiger partial charge is 0.243 e. The summed E-state index contributed by atoms with van der Waals surface area (Å²) in [6.07, 6.45) is 2.62. The van der Waals surface area contributed by atoms with Crippen molar-refractivity contribution in [2.45, 2.75) is 25.8 Å². The monoisotopic (exact) mass is 196 g/mol. The quantitative estimate of drug-likeness (QED) is 0.660. The molecule has 1 saturated heterocycles. The third-order valence-corrected chi connectivity index (χ3v) is 2.38. The van der Waals surface area contributed by atoms with Crippen LogP contribution in [0, 0.1) is 0 Å². The van der Waals surface area contributed by atoms with Gasteiger partial charge >= 0.3 is 0 Å². The lowest BCUT2D eigenvalue weighted by Crippen LogP contribution is -2.37. The van der Waals surface area contributed by atoms with Gasteiger partial charge in [-0.3, -0.25) is 9.59 Å². The highest BCUT2D eigenvalue weighted by molar-refractivity contribution is 5.87. The zero-order valence-corrected chi connectivity index (χ0v) is 8.45. The Balaban J connectivity index is 2.37. The van der Waals surface area contributed by atoms with Crippen molar-refractivity contribution in [3.8, 4) is 0 Å². The number of rotatable bonds is 3. The Labute approximate surface area is 84.0 Å². The molecule has 1 aliphatic heterocycles. The van der Waals surface area contributed by atoms with E-state index in [1.807, 2.05) is 6.92 Å². The van der Waals surface area contributed by atoms with E-state index < -0.39 is 0 Å². The standard InChI is InChI=1S/C10H16N2O2/c1-3-9(13)11-8-5-6-12(7-8)10(14)4-2/h3,8H,1,4-7H2,2H3,(H,11,13). The number of nitrogens with one attached hydrogen (secondary N) is 1. The summed E-state index contributed by atoms with van der Waals surface area (Å²) in [4.78, 5) is 24.1. The molecule has 2 amide bonds. The van der Waals surface area contributed by atoms with Crippen molar-refractivity contribution in [1.29, 1.82) is 0 Å². The van der Waals surface area contributed by atoms with Gasteiger partial charge in [0.2, 0.25) is 11.8 Å². The fraction of sp³-hybridized carbons (Fsp3) is 0.600. The Bertz CT molecular complexity index is 251. The highest BCUT2D eigenvalue weighted by atomic mass is 16.2. The summed E-state index contributed by atoms with van der Waals surface area (Å²) in [6, 6.07) is 0.0935. The van der Waals surface area contributed by atoms with Gasteiger partial charge in [-0.1, -0.05) is 13.5 Å². The Morgan fingerprint density at radius 2 is 2.36 bits per heavy atom. The first-order valence-corrected chi connectivity index (χ1v) is 4.88. The first-order chi connectivity index (χ1) is 6.67. The molecule has 0 aromatic rings. The van der Waals surface area contributed by atoms with Gasteiger partial charge in [0.05, 0.1) is 0 Å². The molecular formula is C10H16N2O2. The second-order valence-corrected chi connectivity index (χ2v) is 3.39. The maximum Gasteiger partial charge on any atom is 0.243 e. The lowest BCUT2D eigenvalue weighted by atomic mass is 10.2. The highest BCUT2D eigenvalue weighted by Crippen LogP contribution is 2.10. The van der Waals surface area contributed by atoms with Gasteiger partial charge in [-0.15, -0.1) is 0 Å². The number of carbonyl (C=O) groups excluding carboxylic acids is 2. The molecule has 1 heterocycles. The largest absolute Gasteiger partial charge is 0.348 e. The first kappa shape index (κ1) is 10.8. The van der Waals surface area contributed by atoms with E-state index in [0.29, 0.717) is 13.0 Å². The van der Waals surface area contributed by atoms with E-state index in [0.717, 1.165) is 13.0 Å². The number of carbonyl (C=O) groups is 2. The van der Waals surface area contributed by atoms with Crippen LogP contribution in [0.3, 0.4) is 0 Å². The lowest BCUT2D eigenvalue weighted by molar-refractivity contribution is -0.130. The summed E-state index contributed by atoms with van der Waals surface area (Å²) in [5.41, 5.74) is 0. The van der Waals surface area contributed by atoms with Gasteiger partial charge in [0.1, 0.15) is 0 Å². The Morgan fingerprint density at radius 1 is 1.64 bits per heavy atom. The molecule has 4 nitrogen and oxygen atoms in total. The predicted octanol–water partition coefficient (Wildman–Crippen LogP) is 0.299. The summed E-state index contributed by atoms with van der Waals surface area (Å²) in [6.45, 7) is 6.60. The van der Waals surface area contributed by atoms with Crippen molar-refractivity contribution in [2.24, 2.45) is 0 Å². The molecule has 1 unspecified atom stereocenters. The van der Waals surface area contributed by atoms with Gasteiger partial charge in [0.15, 0.2) is 0 Å². The zero-order chi connectivity index (χ0) is 10.6. The predicted molar refractivity (Wildman–Crippen MR) is 53.6 cm³/mol. The lowest BCUT2D eigenvalue weighted by Gasteiger charge is -2.15.